The summed E-state index contributed by atoms with van der Waals surface area (Å²) in [5.41, 5.74) is 1.07. The monoisotopic (exact) mass is 263 g/mol. The molecule has 1 aromatic rings. The van der Waals surface area contributed by atoms with Gasteiger partial charge in [-0.1, -0.05) is 29.8 Å². The largest absolute Gasteiger partial charge is 0.243 e. The molecule has 96 valence electrons. The van der Waals surface area contributed by atoms with E-state index in [1.54, 1.807) is 16.4 Å². The zero-order valence-electron chi connectivity index (χ0n) is 10.6. The van der Waals surface area contributed by atoms with E-state index in [1.807, 2.05) is 26.0 Å². The van der Waals surface area contributed by atoms with Crippen LogP contribution in [0.2, 0.25) is 0 Å². The van der Waals surface area contributed by atoms with E-state index >= 15 is 0 Å². The van der Waals surface area contributed by atoms with E-state index in [0.29, 0.717) is 23.3 Å². The molecule has 1 aromatic carbocycles. The minimum absolute atomic E-state index is 0.0753. The van der Waals surface area contributed by atoms with Crippen molar-refractivity contribution in [2.24, 2.45) is 11.8 Å². The third-order valence-electron chi connectivity index (χ3n) is 4.10. The number of hydrogen-bond acceptors (Lipinski definition) is 2. The highest BCUT2D eigenvalue weighted by molar-refractivity contribution is 7.89. The van der Waals surface area contributed by atoms with Gasteiger partial charge in [0.1, 0.15) is 0 Å². The molecule has 3 rings (SSSR count). The lowest BCUT2D eigenvalue weighted by molar-refractivity contribution is 0.381. The minimum atomic E-state index is -3.34. The predicted molar refractivity (Wildman–Crippen MR) is 70.7 cm³/mol. The van der Waals surface area contributed by atoms with Crippen LogP contribution in [0.1, 0.15) is 12.5 Å². The molecule has 1 heterocycles. The molecule has 0 bridgehead atoms. The normalized spacial score (nSPS) is 31.1. The van der Waals surface area contributed by atoms with Crippen molar-refractivity contribution in [3.05, 3.63) is 42.0 Å². The molecule has 1 saturated heterocycles. The molecular formula is C14H17NO2S. The van der Waals surface area contributed by atoms with E-state index in [2.05, 4.69) is 12.2 Å². The van der Waals surface area contributed by atoms with Crippen LogP contribution in [-0.2, 0) is 10.0 Å². The molecule has 3 nitrogen and oxygen atoms in total. The van der Waals surface area contributed by atoms with E-state index < -0.39 is 10.0 Å². The van der Waals surface area contributed by atoms with Gasteiger partial charge in [-0.05, 0) is 31.9 Å². The van der Waals surface area contributed by atoms with Gasteiger partial charge in [0, 0.05) is 18.5 Å². The lowest BCUT2D eigenvalue weighted by atomic mass is 9.82. The molecule has 0 N–H and O–H groups in total. The smallest absolute Gasteiger partial charge is 0.207 e. The molecule has 1 fully saturated rings. The van der Waals surface area contributed by atoms with Crippen molar-refractivity contribution in [2.75, 3.05) is 6.54 Å². The highest BCUT2D eigenvalue weighted by Gasteiger charge is 2.45. The Bertz CT molecular complexity index is 589. The molecule has 1 aliphatic carbocycles. The van der Waals surface area contributed by atoms with Gasteiger partial charge in [0.15, 0.2) is 0 Å². The summed E-state index contributed by atoms with van der Waals surface area (Å²) in [6, 6.07) is 7.17. The van der Waals surface area contributed by atoms with Crippen LogP contribution < -0.4 is 0 Å². The van der Waals surface area contributed by atoms with Gasteiger partial charge in [0.2, 0.25) is 10.0 Å². The van der Waals surface area contributed by atoms with Crippen molar-refractivity contribution >= 4 is 10.0 Å². The molecule has 2 aliphatic rings. The number of nitrogens with zero attached hydrogens (tertiary/aromatic N) is 1. The van der Waals surface area contributed by atoms with Crippen molar-refractivity contribution in [3.8, 4) is 0 Å². The highest BCUT2D eigenvalue weighted by Crippen LogP contribution is 2.40. The molecule has 0 spiro atoms. The van der Waals surface area contributed by atoms with Crippen LogP contribution in [0, 0.1) is 18.8 Å². The van der Waals surface area contributed by atoms with Gasteiger partial charge in [-0.25, -0.2) is 8.42 Å². The quantitative estimate of drug-likeness (QED) is 0.767. The number of rotatable bonds is 2. The van der Waals surface area contributed by atoms with E-state index in [4.69, 9.17) is 0 Å². The Morgan fingerprint density at radius 3 is 2.28 bits per heavy atom. The first-order valence-electron chi connectivity index (χ1n) is 6.27. The number of hydrogen-bond donors (Lipinski definition) is 0. The maximum Gasteiger partial charge on any atom is 0.243 e. The van der Waals surface area contributed by atoms with Crippen LogP contribution in [0.4, 0.5) is 0 Å². The van der Waals surface area contributed by atoms with E-state index in [9.17, 15) is 8.42 Å². The molecule has 0 saturated carbocycles. The van der Waals surface area contributed by atoms with Gasteiger partial charge >= 0.3 is 0 Å². The summed E-state index contributed by atoms with van der Waals surface area (Å²) in [6.45, 7) is 4.58. The number of sulfonamides is 1. The molecule has 1 aliphatic heterocycles. The Balaban J connectivity index is 1.94. The van der Waals surface area contributed by atoms with Crippen molar-refractivity contribution in [1.29, 1.82) is 0 Å². The number of aryl methyl sites for hydroxylation is 1. The zero-order chi connectivity index (χ0) is 12.9. The molecule has 0 unspecified atom stereocenters. The maximum atomic E-state index is 12.6. The SMILES string of the molecule is Cc1ccc(S(=O)(=O)N2C[C@@H]3C=C[C@@H]3[C@H]2C)cc1. The molecular weight excluding hydrogens is 246 g/mol. The molecule has 3 atom stereocenters. The average molecular weight is 263 g/mol. The second kappa shape index (κ2) is 3.93. The van der Waals surface area contributed by atoms with Gasteiger partial charge in [-0.2, -0.15) is 4.31 Å². The highest BCUT2D eigenvalue weighted by atomic mass is 32.2. The van der Waals surface area contributed by atoms with Crippen LogP contribution in [0.25, 0.3) is 0 Å². The first-order valence-corrected chi connectivity index (χ1v) is 7.71. The Kier molecular flexibility index (Phi) is 2.61. The maximum absolute atomic E-state index is 12.6. The fourth-order valence-electron chi connectivity index (χ4n) is 2.83. The third kappa shape index (κ3) is 1.63. The van der Waals surface area contributed by atoms with E-state index in [-0.39, 0.29) is 6.04 Å². The lowest BCUT2D eigenvalue weighted by Crippen LogP contribution is -2.35. The third-order valence-corrected chi connectivity index (χ3v) is 6.07. The Hall–Kier alpha value is -1.13. The molecule has 4 heteroatoms. The first-order chi connectivity index (χ1) is 8.50. The summed E-state index contributed by atoms with van der Waals surface area (Å²) in [6.07, 6.45) is 4.24. The summed E-state index contributed by atoms with van der Waals surface area (Å²) < 4.78 is 26.8. The summed E-state index contributed by atoms with van der Waals surface area (Å²) in [4.78, 5) is 0.404. The topological polar surface area (TPSA) is 37.4 Å². The fraction of sp³-hybridized carbons (Fsp3) is 0.429. The predicted octanol–water partition coefficient (Wildman–Crippen LogP) is 2.19. The van der Waals surface area contributed by atoms with Crippen molar-refractivity contribution in [1.82, 2.24) is 4.31 Å². The van der Waals surface area contributed by atoms with Crippen LogP contribution >= 0.6 is 0 Å². The summed E-state index contributed by atoms with van der Waals surface area (Å²) in [5, 5.41) is 0. The Labute approximate surface area is 108 Å². The van der Waals surface area contributed by atoms with Gasteiger partial charge in [0.05, 0.1) is 4.90 Å². The molecule has 0 aromatic heterocycles. The van der Waals surface area contributed by atoms with Crippen molar-refractivity contribution in [2.45, 2.75) is 24.8 Å². The standard InChI is InChI=1S/C14H17NO2S/c1-10-3-6-13(7-4-10)18(16,17)15-9-12-5-8-14(12)11(15)2/h3-8,11-12,14H,9H2,1-2H3/t11-,12+,14-/m1/s1. The summed E-state index contributed by atoms with van der Waals surface area (Å²) in [7, 11) is -3.34. The van der Waals surface area contributed by atoms with Crippen molar-refractivity contribution < 1.29 is 8.42 Å². The van der Waals surface area contributed by atoms with Gasteiger partial charge in [-0.3, -0.25) is 0 Å². The minimum Gasteiger partial charge on any atom is -0.207 e. The number of fused-ring (bicyclic) bond motifs is 1. The van der Waals surface area contributed by atoms with E-state index in [1.165, 1.54) is 0 Å². The van der Waals surface area contributed by atoms with Crippen LogP contribution in [0.15, 0.2) is 41.3 Å². The van der Waals surface area contributed by atoms with Crippen LogP contribution in [0.5, 0.6) is 0 Å². The van der Waals surface area contributed by atoms with Gasteiger partial charge in [-0.15, -0.1) is 0 Å². The molecule has 0 amide bonds. The second-order valence-corrected chi connectivity index (χ2v) is 7.15. The Morgan fingerprint density at radius 2 is 1.83 bits per heavy atom. The molecule has 18 heavy (non-hydrogen) atoms. The summed E-state index contributed by atoms with van der Waals surface area (Å²) >= 11 is 0. The van der Waals surface area contributed by atoms with Gasteiger partial charge < -0.3 is 0 Å². The van der Waals surface area contributed by atoms with Crippen LogP contribution in [0.3, 0.4) is 0 Å². The van der Waals surface area contributed by atoms with E-state index in [0.717, 1.165) is 5.56 Å². The Morgan fingerprint density at radius 1 is 1.17 bits per heavy atom. The van der Waals surface area contributed by atoms with Crippen LogP contribution in [-0.4, -0.2) is 25.3 Å². The number of benzene rings is 1. The lowest BCUT2D eigenvalue weighted by Gasteiger charge is -2.25. The zero-order valence-corrected chi connectivity index (χ0v) is 11.4. The fourth-order valence-corrected chi connectivity index (χ4v) is 4.52. The van der Waals surface area contributed by atoms with Crippen molar-refractivity contribution in [3.63, 3.8) is 0 Å². The first kappa shape index (κ1) is 11.9. The van der Waals surface area contributed by atoms with Gasteiger partial charge in [0.25, 0.3) is 0 Å². The molecule has 0 radical (unpaired) electrons. The second-order valence-electron chi connectivity index (χ2n) is 5.25. The average Bonchev–Trinajstić information content (AvgIpc) is 2.49. The summed E-state index contributed by atoms with van der Waals surface area (Å²) in [5.74, 6) is 0.824.